The van der Waals surface area contributed by atoms with Gasteiger partial charge < -0.3 is 10.0 Å². The van der Waals surface area contributed by atoms with Crippen LogP contribution in [-0.2, 0) is 0 Å². The van der Waals surface area contributed by atoms with Gasteiger partial charge >= 0.3 is 0 Å². The molecule has 80 valence electrons. The molecule has 1 N–H and O–H groups in total. The van der Waals surface area contributed by atoms with Gasteiger partial charge in [-0.2, -0.15) is 0 Å². The quantitative estimate of drug-likeness (QED) is 0.784. The molecule has 1 amide bonds. The van der Waals surface area contributed by atoms with Crippen LogP contribution < -0.4 is 0 Å². The summed E-state index contributed by atoms with van der Waals surface area (Å²) in [5, 5.41) is 9.08. The van der Waals surface area contributed by atoms with E-state index in [-0.39, 0.29) is 29.3 Å². The Bertz CT molecular complexity index is 362. The van der Waals surface area contributed by atoms with Crippen molar-refractivity contribution < 1.29 is 9.90 Å². The number of halogens is 1. The molecule has 1 fully saturated rings. The number of likely N-dealkylation sites (tertiary alicyclic amines) is 1. The Hall–Kier alpha value is -1.20. The molecule has 0 saturated carbocycles. The van der Waals surface area contributed by atoms with Gasteiger partial charge in [0.25, 0.3) is 5.91 Å². The number of hydrogen-bond donors (Lipinski definition) is 1. The van der Waals surface area contributed by atoms with Crippen molar-refractivity contribution >= 4 is 17.5 Å². The highest BCUT2D eigenvalue weighted by atomic mass is 35.5. The molecule has 0 aromatic carbocycles. The number of aliphatic hydroxyl groups excluding tert-OH is 1. The second-order valence-corrected chi connectivity index (χ2v) is 3.87. The predicted molar refractivity (Wildman–Crippen MR) is 53.5 cm³/mol. The van der Waals surface area contributed by atoms with Gasteiger partial charge in [-0.15, -0.1) is 0 Å². The summed E-state index contributed by atoms with van der Waals surface area (Å²) in [6.07, 6.45) is 2.70. The highest BCUT2D eigenvalue weighted by Crippen LogP contribution is 2.17. The summed E-state index contributed by atoms with van der Waals surface area (Å²) in [6, 6.07) is 0. The van der Waals surface area contributed by atoms with Crippen molar-refractivity contribution in [3.05, 3.63) is 23.2 Å². The Morgan fingerprint density at radius 1 is 1.53 bits per heavy atom. The van der Waals surface area contributed by atoms with E-state index in [1.54, 1.807) is 4.90 Å². The van der Waals surface area contributed by atoms with Crippen LogP contribution in [0.4, 0.5) is 0 Å². The van der Waals surface area contributed by atoms with E-state index in [1.165, 1.54) is 12.4 Å². The second-order valence-electron chi connectivity index (χ2n) is 3.48. The number of nitrogens with zero attached hydrogens (tertiary/aromatic N) is 3. The molecule has 1 aliphatic rings. The van der Waals surface area contributed by atoms with Crippen molar-refractivity contribution in [2.45, 2.75) is 0 Å². The standard InChI is InChI=1S/C9H10ClN3O2/c10-8-2-11-7(1-12-8)9(15)13-3-6(4-13)5-14/h1-2,6,14H,3-5H2. The summed E-state index contributed by atoms with van der Waals surface area (Å²) in [5.74, 6) is 0.0399. The molecule has 1 aromatic rings. The maximum Gasteiger partial charge on any atom is 0.274 e. The number of carbonyl (C=O) groups is 1. The topological polar surface area (TPSA) is 66.3 Å². The van der Waals surface area contributed by atoms with Crippen LogP contribution in [0.1, 0.15) is 10.5 Å². The Balaban J connectivity index is 2.00. The van der Waals surface area contributed by atoms with Crippen LogP contribution >= 0.6 is 11.6 Å². The Morgan fingerprint density at radius 3 is 2.80 bits per heavy atom. The van der Waals surface area contributed by atoms with Gasteiger partial charge in [-0.05, 0) is 0 Å². The van der Waals surface area contributed by atoms with E-state index >= 15 is 0 Å². The molecule has 1 aromatic heterocycles. The number of amides is 1. The molecule has 1 aliphatic heterocycles. The second kappa shape index (κ2) is 4.12. The molecule has 15 heavy (non-hydrogen) atoms. The molecule has 0 radical (unpaired) electrons. The highest BCUT2D eigenvalue weighted by Gasteiger charge is 2.31. The lowest BCUT2D eigenvalue weighted by Crippen LogP contribution is -2.51. The van der Waals surface area contributed by atoms with Gasteiger partial charge in [0.2, 0.25) is 0 Å². The zero-order chi connectivity index (χ0) is 10.8. The lowest BCUT2D eigenvalue weighted by molar-refractivity contribution is 0.0356. The Morgan fingerprint density at radius 2 is 2.27 bits per heavy atom. The van der Waals surface area contributed by atoms with Gasteiger partial charge in [0, 0.05) is 25.6 Å². The summed E-state index contributed by atoms with van der Waals surface area (Å²) in [5.41, 5.74) is 0.288. The number of aliphatic hydroxyl groups is 1. The SMILES string of the molecule is O=C(c1cnc(Cl)cn1)N1CC(CO)C1. The van der Waals surface area contributed by atoms with Crippen molar-refractivity contribution in [1.29, 1.82) is 0 Å². The van der Waals surface area contributed by atoms with E-state index in [4.69, 9.17) is 16.7 Å². The van der Waals surface area contributed by atoms with Crippen molar-refractivity contribution in [3.8, 4) is 0 Å². The van der Waals surface area contributed by atoms with Gasteiger partial charge in [-0.3, -0.25) is 4.79 Å². The van der Waals surface area contributed by atoms with Crippen LogP contribution in [0.2, 0.25) is 5.15 Å². The van der Waals surface area contributed by atoms with Crippen molar-refractivity contribution in [3.63, 3.8) is 0 Å². The minimum atomic E-state index is -0.163. The summed E-state index contributed by atoms with van der Waals surface area (Å²) >= 11 is 5.56. The fraction of sp³-hybridized carbons (Fsp3) is 0.444. The molecule has 1 saturated heterocycles. The molecule has 5 nitrogen and oxygen atoms in total. The molecule has 0 atom stereocenters. The summed E-state index contributed by atoms with van der Waals surface area (Å²) < 4.78 is 0. The largest absolute Gasteiger partial charge is 0.396 e. The normalized spacial score (nSPS) is 16.3. The summed E-state index contributed by atoms with van der Waals surface area (Å²) in [4.78, 5) is 21.0. The van der Waals surface area contributed by atoms with Crippen molar-refractivity contribution in [1.82, 2.24) is 14.9 Å². The predicted octanol–water partition coefficient (Wildman–Crippen LogP) is 0.194. The van der Waals surface area contributed by atoms with Crippen LogP contribution in [0.15, 0.2) is 12.4 Å². The first-order chi connectivity index (χ1) is 7.20. The fourth-order valence-electron chi connectivity index (χ4n) is 1.44. The molecule has 2 rings (SSSR count). The van der Waals surface area contributed by atoms with Crippen molar-refractivity contribution in [2.24, 2.45) is 5.92 Å². The van der Waals surface area contributed by atoms with E-state index in [2.05, 4.69) is 9.97 Å². The lowest BCUT2D eigenvalue weighted by atomic mass is 10.0. The van der Waals surface area contributed by atoms with Gasteiger partial charge in [0.1, 0.15) is 10.8 Å². The summed E-state index contributed by atoms with van der Waals surface area (Å²) in [7, 11) is 0. The maximum absolute atomic E-state index is 11.7. The highest BCUT2D eigenvalue weighted by molar-refractivity contribution is 6.29. The molecule has 2 heterocycles. The monoisotopic (exact) mass is 227 g/mol. The first kappa shape index (κ1) is 10.3. The zero-order valence-corrected chi connectivity index (χ0v) is 8.68. The molecular formula is C9H10ClN3O2. The third-order valence-corrected chi connectivity index (χ3v) is 2.54. The molecule has 0 aliphatic carbocycles. The van der Waals surface area contributed by atoms with Crippen molar-refractivity contribution in [2.75, 3.05) is 19.7 Å². The van der Waals surface area contributed by atoms with E-state index < -0.39 is 0 Å². The molecule has 6 heteroatoms. The van der Waals surface area contributed by atoms with Crippen LogP contribution in [0, 0.1) is 5.92 Å². The number of aromatic nitrogens is 2. The fourth-order valence-corrected chi connectivity index (χ4v) is 1.53. The van der Waals surface area contributed by atoms with E-state index in [0.29, 0.717) is 13.1 Å². The van der Waals surface area contributed by atoms with E-state index in [0.717, 1.165) is 0 Å². The number of hydrogen-bond acceptors (Lipinski definition) is 4. The van der Waals surface area contributed by atoms with Gasteiger partial charge in [0.05, 0.1) is 12.4 Å². The third-order valence-electron chi connectivity index (χ3n) is 2.34. The van der Waals surface area contributed by atoms with E-state index in [9.17, 15) is 4.79 Å². The minimum Gasteiger partial charge on any atom is -0.396 e. The number of rotatable bonds is 2. The number of carbonyl (C=O) groups excluding carboxylic acids is 1. The van der Waals surface area contributed by atoms with Gasteiger partial charge in [-0.1, -0.05) is 11.6 Å². The maximum atomic E-state index is 11.7. The van der Waals surface area contributed by atoms with E-state index in [1.807, 2.05) is 0 Å². The Kier molecular flexibility index (Phi) is 2.83. The van der Waals surface area contributed by atoms with Crippen LogP contribution in [-0.4, -0.2) is 45.6 Å². The molecule has 0 unspecified atom stereocenters. The zero-order valence-electron chi connectivity index (χ0n) is 7.93. The van der Waals surface area contributed by atoms with Gasteiger partial charge in [-0.25, -0.2) is 9.97 Å². The van der Waals surface area contributed by atoms with Crippen LogP contribution in [0.25, 0.3) is 0 Å². The third kappa shape index (κ3) is 2.08. The minimum absolute atomic E-state index is 0.121. The lowest BCUT2D eigenvalue weighted by Gasteiger charge is -2.37. The molecule has 0 spiro atoms. The van der Waals surface area contributed by atoms with Crippen LogP contribution in [0.5, 0.6) is 0 Å². The molecule has 0 bridgehead atoms. The first-order valence-corrected chi connectivity index (χ1v) is 4.96. The summed E-state index contributed by atoms with van der Waals surface area (Å²) in [6.45, 7) is 1.29. The first-order valence-electron chi connectivity index (χ1n) is 4.58. The smallest absolute Gasteiger partial charge is 0.274 e. The molecular weight excluding hydrogens is 218 g/mol. The Labute approximate surface area is 91.7 Å². The average Bonchev–Trinajstić information content (AvgIpc) is 2.17. The van der Waals surface area contributed by atoms with Gasteiger partial charge in [0.15, 0.2) is 0 Å². The average molecular weight is 228 g/mol. The van der Waals surface area contributed by atoms with Crippen LogP contribution in [0.3, 0.4) is 0 Å².